The lowest BCUT2D eigenvalue weighted by Crippen LogP contribution is -2.27. The maximum absolute atomic E-state index is 12.2. The van der Waals surface area contributed by atoms with E-state index in [9.17, 15) is 4.79 Å². The van der Waals surface area contributed by atoms with Gasteiger partial charge in [0.05, 0.1) is 6.04 Å². The fourth-order valence-corrected chi connectivity index (χ4v) is 3.11. The molecule has 3 aromatic rings. The van der Waals surface area contributed by atoms with E-state index in [2.05, 4.69) is 4.98 Å². The van der Waals surface area contributed by atoms with Crippen LogP contribution in [0.25, 0.3) is 0 Å². The summed E-state index contributed by atoms with van der Waals surface area (Å²) in [5, 5.41) is 0. The number of rotatable bonds is 6. The predicted octanol–water partition coefficient (Wildman–Crippen LogP) is 4.35. The average Bonchev–Trinajstić information content (AvgIpc) is 3.09. The van der Waals surface area contributed by atoms with Crippen molar-refractivity contribution in [2.24, 2.45) is 0 Å². The van der Waals surface area contributed by atoms with Crippen molar-refractivity contribution >= 4 is 6.09 Å². The van der Waals surface area contributed by atoms with Crippen molar-refractivity contribution in [3.05, 3.63) is 95.8 Å². The summed E-state index contributed by atoms with van der Waals surface area (Å²) in [6.45, 7) is 1.36. The molecule has 0 radical (unpaired) electrons. The minimum Gasteiger partial charge on any atom is -0.489 e. The monoisotopic (exact) mass is 360 g/mol. The van der Waals surface area contributed by atoms with Crippen molar-refractivity contribution in [1.29, 1.82) is 0 Å². The first-order valence-electron chi connectivity index (χ1n) is 8.88. The van der Waals surface area contributed by atoms with Crippen LogP contribution in [-0.2, 0) is 17.9 Å². The van der Waals surface area contributed by atoms with Gasteiger partial charge in [0, 0.05) is 24.5 Å². The Bertz CT molecular complexity index is 882. The third kappa shape index (κ3) is 4.08. The molecule has 5 nitrogen and oxygen atoms in total. The van der Waals surface area contributed by atoms with Crippen LogP contribution in [0.3, 0.4) is 0 Å². The molecule has 5 heteroatoms. The molecule has 1 fully saturated rings. The van der Waals surface area contributed by atoms with Gasteiger partial charge in [-0.3, -0.25) is 9.88 Å². The number of cyclic esters (lactones) is 1. The molecule has 1 saturated heterocycles. The molecular formula is C22H20N2O3. The summed E-state index contributed by atoms with van der Waals surface area (Å²) in [6.07, 6.45) is 3.25. The maximum atomic E-state index is 12.2. The molecule has 1 aromatic heterocycles. The van der Waals surface area contributed by atoms with Crippen LogP contribution in [0, 0.1) is 0 Å². The number of carbonyl (C=O) groups is 1. The normalized spacial score (nSPS) is 16.2. The molecule has 1 atom stereocenters. The Hall–Kier alpha value is -3.34. The fraction of sp³-hybridized carbons (Fsp3) is 0.182. The van der Waals surface area contributed by atoms with Gasteiger partial charge in [0.25, 0.3) is 0 Å². The van der Waals surface area contributed by atoms with E-state index in [1.54, 1.807) is 17.3 Å². The van der Waals surface area contributed by atoms with Crippen molar-refractivity contribution in [2.75, 3.05) is 6.61 Å². The highest BCUT2D eigenvalue weighted by Gasteiger charge is 2.33. The van der Waals surface area contributed by atoms with Gasteiger partial charge in [0.15, 0.2) is 0 Å². The lowest BCUT2D eigenvalue weighted by atomic mass is 10.1. The topological polar surface area (TPSA) is 51.7 Å². The predicted molar refractivity (Wildman–Crippen MR) is 101 cm³/mol. The molecule has 27 heavy (non-hydrogen) atoms. The van der Waals surface area contributed by atoms with Gasteiger partial charge in [-0.15, -0.1) is 0 Å². The molecule has 4 rings (SSSR count). The molecule has 1 amide bonds. The quantitative estimate of drug-likeness (QED) is 0.656. The first kappa shape index (κ1) is 17.1. The van der Waals surface area contributed by atoms with E-state index in [0.29, 0.717) is 19.8 Å². The standard InChI is InChI=1S/C22H20N2O3/c25-22-24(21(16-27-22)19-6-2-1-3-7-19)14-17-8-10-20(11-9-17)26-15-18-5-4-12-23-13-18/h1-13,21H,14-16H2. The van der Waals surface area contributed by atoms with Gasteiger partial charge < -0.3 is 9.47 Å². The summed E-state index contributed by atoms with van der Waals surface area (Å²) in [4.78, 5) is 18.0. The van der Waals surface area contributed by atoms with Gasteiger partial charge in [0.2, 0.25) is 0 Å². The van der Waals surface area contributed by atoms with E-state index in [1.807, 2.05) is 66.7 Å². The minimum atomic E-state index is -0.277. The Kier molecular flexibility index (Phi) is 5.01. The zero-order valence-corrected chi connectivity index (χ0v) is 14.8. The molecule has 1 aliphatic rings. The van der Waals surface area contributed by atoms with Crippen molar-refractivity contribution in [1.82, 2.24) is 9.88 Å². The number of benzene rings is 2. The molecular weight excluding hydrogens is 340 g/mol. The van der Waals surface area contributed by atoms with Gasteiger partial charge in [-0.2, -0.15) is 0 Å². The van der Waals surface area contributed by atoms with Crippen LogP contribution in [0.2, 0.25) is 0 Å². The second kappa shape index (κ2) is 7.91. The number of hydrogen-bond donors (Lipinski definition) is 0. The smallest absolute Gasteiger partial charge is 0.410 e. The van der Waals surface area contributed by atoms with Crippen LogP contribution in [-0.4, -0.2) is 22.6 Å². The first-order chi connectivity index (χ1) is 13.3. The zero-order valence-electron chi connectivity index (χ0n) is 14.8. The number of ether oxygens (including phenoxy) is 2. The number of nitrogens with zero attached hydrogens (tertiary/aromatic N) is 2. The fourth-order valence-electron chi connectivity index (χ4n) is 3.11. The number of aromatic nitrogens is 1. The van der Waals surface area contributed by atoms with Crippen LogP contribution in [0.4, 0.5) is 4.79 Å². The molecule has 0 saturated carbocycles. The van der Waals surface area contributed by atoms with Crippen LogP contribution in [0.1, 0.15) is 22.7 Å². The zero-order chi connectivity index (χ0) is 18.5. The van der Waals surface area contributed by atoms with Gasteiger partial charge in [-0.05, 0) is 29.3 Å². The molecule has 2 heterocycles. The second-order valence-electron chi connectivity index (χ2n) is 6.43. The average molecular weight is 360 g/mol. The summed E-state index contributed by atoms with van der Waals surface area (Å²) in [7, 11) is 0. The van der Waals surface area contributed by atoms with Crippen molar-refractivity contribution < 1.29 is 14.3 Å². The summed E-state index contributed by atoms with van der Waals surface area (Å²) >= 11 is 0. The largest absolute Gasteiger partial charge is 0.489 e. The minimum absolute atomic E-state index is 0.0554. The number of amides is 1. The Labute approximate surface area is 158 Å². The van der Waals surface area contributed by atoms with Crippen LogP contribution < -0.4 is 4.74 Å². The highest BCUT2D eigenvalue weighted by Crippen LogP contribution is 2.29. The summed E-state index contributed by atoms with van der Waals surface area (Å²) in [5.74, 6) is 0.784. The van der Waals surface area contributed by atoms with Gasteiger partial charge in [0.1, 0.15) is 19.0 Å². The van der Waals surface area contributed by atoms with E-state index in [0.717, 1.165) is 22.4 Å². The Balaban J connectivity index is 1.40. The summed E-state index contributed by atoms with van der Waals surface area (Å²) in [6, 6.07) is 21.6. The second-order valence-corrected chi connectivity index (χ2v) is 6.43. The van der Waals surface area contributed by atoms with Gasteiger partial charge in [-0.25, -0.2) is 4.79 Å². The molecule has 0 aliphatic carbocycles. The van der Waals surface area contributed by atoms with Gasteiger partial charge in [-0.1, -0.05) is 48.5 Å². The Morgan fingerprint density at radius 3 is 2.56 bits per heavy atom. The highest BCUT2D eigenvalue weighted by atomic mass is 16.6. The Morgan fingerprint density at radius 2 is 1.81 bits per heavy atom. The molecule has 2 aromatic carbocycles. The van der Waals surface area contributed by atoms with Crippen molar-refractivity contribution in [3.63, 3.8) is 0 Å². The molecule has 136 valence electrons. The van der Waals surface area contributed by atoms with Crippen LogP contribution in [0.5, 0.6) is 5.75 Å². The van der Waals surface area contributed by atoms with Crippen LogP contribution >= 0.6 is 0 Å². The van der Waals surface area contributed by atoms with Gasteiger partial charge >= 0.3 is 6.09 Å². The van der Waals surface area contributed by atoms with Crippen LogP contribution in [0.15, 0.2) is 79.1 Å². The molecule has 0 bridgehead atoms. The molecule has 0 N–H and O–H groups in total. The maximum Gasteiger partial charge on any atom is 0.410 e. The Morgan fingerprint density at radius 1 is 1.00 bits per heavy atom. The van der Waals surface area contributed by atoms with E-state index in [-0.39, 0.29) is 12.1 Å². The SMILES string of the molecule is O=C1OCC(c2ccccc2)N1Cc1ccc(OCc2cccnc2)cc1. The third-order valence-electron chi connectivity index (χ3n) is 4.56. The van der Waals surface area contributed by atoms with E-state index in [1.165, 1.54) is 0 Å². The first-order valence-corrected chi connectivity index (χ1v) is 8.88. The molecule has 1 unspecified atom stereocenters. The third-order valence-corrected chi connectivity index (χ3v) is 4.56. The summed E-state index contributed by atoms with van der Waals surface area (Å²) < 4.78 is 11.1. The van der Waals surface area contributed by atoms with E-state index < -0.39 is 0 Å². The van der Waals surface area contributed by atoms with Crippen molar-refractivity contribution in [2.45, 2.75) is 19.2 Å². The van der Waals surface area contributed by atoms with Crippen molar-refractivity contribution in [3.8, 4) is 5.75 Å². The number of carbonyl (C=O) groups excluding carboxylic acids is 1. The summed E-state index contributed by atoms with van der Waals surface area (Å²) in [5.41, 5.74) is 3.13. The molecule has 1 aliphatic heterocycles. The lowest BCUT2D eigenvalue weighted by molar-refractivity contribution is 0.156. The molecule has 0 spiro atoms. The number of pyridine rings is 1. The lowest BCUT2D eigenvalue weighted by Gasteiger charge is -2.22. The number of hydrogen-bond acceptors (Lipinski definition) is 4. The van der Waals surface area contributed by atoms with E-state index in [4.69, 9.17) is 9.47 Å². The van der Waals surface area contributed by atoms with E-state index >= 15 is 0 Å². The highest BCUT2D eigenvalue weighted by molar-refractivity contribution is 5.70.